The van der Waals surface area contributed by atoms with E-state index in [1.165, 1.54) is 11.1 Å². The molecule has 40 heavy (non-hydrogen) atoms. The van der Waals surface area contributed by atoms with E-state index in [0.29, 0.717) is 0 Å². The first-order valence-electron chi connectivity index (χ1n) is 13.1. The van der Waals surface area contributed by atoms with Crippen LogP contribution in [0.3, 0.4) is 0 Å². The second kappa shape index (κ2) is 12.2. The zero-order chi connectivity index (χ0) is 29.2. The van der Waals surface area contributed by atoms with Gasteiger partial charge in [-0.05, 0) is 58.5 Å². The zero-order valence-corrected chi connectivity index (χ0v) is 25.5. The van der Waals surface area contributed by atoms with E-state index >= 15 is 0 Å². The van der Waals surface area contributed by atoms with Crippen molar-refractivity contribution in [3.05, 3.63) is 69.5 Å². The SMILES string of the molecule is Cc1ncsc1-c1ccc([C@H](C)NC(=O)[C@@H]2C[C@@H](O)CN2C(=O)[C@@H](NC(=O)c2ccc(Br)cn2)C(C)(C)C)cc1. The maximum Gasteiger partial charge on any atom is 0.270 e. The maximum atomic E-state index is 13.8. The van der Waals surface area contributed by atoms with Crippen molar-refractivity contribution in [3.63, 3.8) is 0 Å². The highest BCUT2D eigenvalue weighted by molar-refractivity contribution is 9.10. The Morgan fingerprint density at radius 1 is 1.10 bits per heavy atom. The third-order valence-corrected chi connectivity index (χ3v) is 8.44. The van der Waals surface area contributed by atoms with Crippen molar-refractivity contribution < 1.29 is 19.5 Å². The minimum absolute atomic E-state index is 0.00713. The van der Waals surface area contributed by atoms with Gasteiger partial charge in [-0.1, -0.05) is 45.0 Å². The number of aliphatic hydroxyl groups is 1. The second-order valence-electron chi connectivity index (χ2n) is 11.1. The Morgan fingerprint density at radius 3 is 2.38 bits per heavy atom. The molecule has 4 rings (SSSR count). The highest BCUT2D eigenvalue weighted by Crippen LogP contribution is 2.29. The van der Waals surface area contributed by atoms with Crippen LogP contribution in [0.25, 0.3) is 10.4 Å². The van der Waals surface area contributed by atoms with Crippen LogP contribution >= 0.6 is 27.3 Å². The summed E-state index contributed by atoms with van der Waals surface area (Å²) >= 11 is 4.88. The normalized spacial score (nSPS) is 18.7. The number of halogens is 1. The summed E-state index contributed by atoms with van der Waals surface area (Å²) in [4.78, 5) is 51.1. The summed E-state index contributed by atoms with van der Waals surface area (Å²) in [6.45, 7) is 9.38. The smallest absolute Gasteiger partial charge is 0.270 e. The lowest BCUT2D eigenvalue weighted by Crippen LogP contribution is -2.58. The lowest BCUT2D eigenvalue weighted by atomic mass is 9.85. The van der Waals surface area contributed by atoms with E-state index in [-0.39, 0.29) is 30.6 Å². The van der Waals surface area contributed by atoms with E-state index in [1.54, 1.807) is 23.5 Å². The van der Waals surface area contributed by atoms with Crippen molar-refractivity contribution in [1.82, 2.24) is 25.5 Å². The topological polar surface area (TPSA) is 125 Å². The van der Waals surface area contributed by atoms with Gasteiger partial charge in [0.2, 0.25) is 11.8 Å². The molecule has 0 aliphatic carbocycles. The summed E-state index contributed by atoms with van der Waals surface area (Å²) in [5.74, 6) is -1.27. The Hall–Kier alpha value is -3.15. The van der Waals surface area contributed by atoms with Gasteiger partial charge < -0.3 is 20.6 Å². The number of carbonyl (C=O) groups is 3. The Morgan fingerprint density at radius 2 is 1.80 bits per heavy atom. The molecule has 1 saturated heterocycles. The predicted molar refractivity (Wildman–Crippen MR) is 158 cm³/mol. The average molecular weight is 629 g/mol. The number of β-amino-alcohol motifs (C(OH)–C–C–N with tert-alkyl or cyclic N) is 1. The Kier molecular flexibility index (Phi) is 9.06. The number of pyridine rings is 1. The van der Waals surface area contributed by atoms with Crippen LogP contribution < -0.4 is 10.6 Å². The molecule has 0 radical (unpaired) electrons. The van der Waals surface area contributed by atoms with Gasteiger partial charge in [-0.25, -0.2) is 9.97 Å². The molecule has 11 heteroatoms. The van der Waals surface area contributed by atoms with Gasteiger partial charge in [-0.3, -0.25) is 14.4 Å². The number of thiazole rings is 1. The summed E-state index contributed by atoms with van der Waals surface area (Å²) in [6.07, 6.45) is 0.781. The monoisotopic (exact) mass is 627 g/mol. The molecule has 9 nitrogen and oxygen atoms in total. The molecule has 0 bridgehead atoms. The average Bonchev–Trinajstić information content (AvgIpc) is 3.52. The first-order valence-corrected chi connectivity index (χ1v) is 14.7. The van der Waals surface area contributed by atoms with Crippen LogP contribution in [0.15, 0.2) is 52.6 Å². The van der Waals surface area contributed by atoms with Crippen LogP contribution in [0.1, 0.15) is 61.9 Å². The van der Waals surface area contributed by atoms with Gasteiger partial charge in [-0.2, -0.15) is 0 Å². The molecular weight excluding hydrogens is 594 g/mol. The maximum absolute atomic E-state index is 13.8. The number of nitrogens with zero attached hydrogens (tertiary/aromatic N) is 3. The Bertz CT molecular complexity index is 1370. The van der Waals surface area contributed by atoms with E-state index in [2.05, 4.69) is 36.5 Å². The molecule has 3 amide bonds. The lowest BCUT2D eigenvalue weighted by Gasteiger charge is -2.35. The van der Waals surface area contributed by atoms with Crippen molar-refractivity contribution in [1.29, 1.82) is 0 Å². The Balaban J connectivity index is 1.47. The van der Waals surface area contributed by atoms with E-state index in [4.69, 9.17) is 0 Å². The van der Waals surface area contributed by atoms with Gasteiger partial charge in [-0.15, -0.1) is 11.3 Å². The highest BCUT2D eigenvalue weighted by atomic mass is 79.9. The number of aromatic nitrogens is 2. The summed E-state index contributed by atoms with van der Waals surface area (Å²) in [5.41, 5.74) is 4.27. The van der Waals surface area contributed by atoms with E-state index in [0.717, 1.165) is 26.2 Å². The second-order valence-corrected chi connectivity index (χ2v) is 12.9. The van der Waals surface area contributed by atoms with Gasteiger partial charge in [0.25, 0.3) is 5.91 Å². The molecule has 3 heterocycles. The summed E-state index contributed by atoms with van der Waals surface area (Å²) in [5, 5.41) is 16.3. The predicted octanol–water partition coefficient (Wildman–Crippen LogP) is 4.26. The number of rotatable bonds is 7. The molecular formula is C29H34BrN5O4S. The van der Waals surface area contributed by atoms with Crippen molar-refractivity contribution in [2.75, 3.05) is 6.54 Å². The van der Waals surface area contributed by atoms with E-state index in [1.807, 2.05) is 64.4 Å². The van der Waals surface area contributed by atoms with Crippen LogP contribution in [-0.2, 0) is 9.59 Å². The molecule has 0 spiro atoms. The molecule has 3 N–H and O–H groups in total. The number of hydrogen-bond donors (Lipinski definition) is 3. The number of hydrogen-bond acceptors (Lipinski definition) is 7. The number of likely N-dealkylation sites (tertiary alicyclic amines) is 1. The Labute approximate surface area is 246 Å². The number of aliphatic hydroxyl groups excluding tert-OH is 1. The van der Waals surface area contributed by atoms with Gasteiger partial charge in [0.1, 0.15) is 17.8 Å². The fourth-order valence-corrected chi connectivity index (χ4v) is 5.78. The molecule has 2 aromatic heterocycles. The molecule has 1 aliphatic rings. The number of amides is 3. The number of benzene rings is 1. The quantitative estimate of drug-likeness (QED) is 0.359. The largest absolute Gasteiger partial charge is 0.391 e. The van der Waals surface area contributed by atoms with Crippen molar-refractivity contribution in [3.8, 4) is 10.4 Å². The van der Waals surface area contributed by atoms with Crippen molar-refractivity contribution >= 4 is 45.0 Å². The molecule has 4 atom stereocenters. The molecule has 0 unspecified atom stereocenters. The van der Waals surface area contributed by atoms with Crippen LogP contribution in [0.5, 0.6) is 0 Å². The zero-order valence-electron chi connectivity index (χ0n) is 23.1. The van der Waals surface area contributed by atoms with Crippen molar-refractivity contribution in [2.24, 2.45) is 5.41 Å². The van der Waals surface area contributed by atoms with Crippen LogP contribution in [0.2, 0.25) is 0 Å². The van der Waals surface area contributed by atoms with Gasteiger partial charge in [0.15, 0.2) is 0 Å². The van der Waals surface area contributed by atoms with E-state index in [9.17, 15) is 19.5 Å². The minimum Gasteiger partial charge on any atom is -0.391 e. The summed E-state index contributed by atoms with van der Waals surface area (Å²) in [6, 6.07) is 9.08. The minimum atomic E-state index is -0.939. The number of carbonyl (C=O) groups excluding carboxylic acids is 3. The van der Waals surface area contributed by atoms with Crippen LogP contribution in [0.4, 0.5) is 0 Å². The standard InChI is InChI=1S/C29H34BrN5O4S/c1-16(18-6-8-19(9-7-18)24-17(2)32-15-40-24)33-27(38)23-12-21(36)14-35(23)28(39)25(29(3,4)5)34-26(37)22-11-10-20(30)13-31-22/h6-11,13,15-16,21,23,25,36H,12,14H2,1-5H3,(H,33,38)(H,34,37)/t16-,21+,23-,25+/m0/s1. The van der Waals surface area contributed by atoms with E-state index < -0.39 is 35.4 Å². The van der Waals surface area contributed by atoms with Crippen LogP contribution in [0, 0.1) is 12.3 Å². The molecule has 1 aromatic carbocycles. The molecule has 212 valence electrons. The first-order chi connectivity index (χ1) is 18.8. The van der Waals surface area contributed by atoms with Gasteiger partial charge in [0, 0.05) is 23.6 Å². The molecule has 0 saturated carbocycles. The first kappa shape index (κ1) is 29.8. The third kappa shape index (κ3) is 6.76. The summed E-state index contributed by atoms with van der Waals surface area (Å²) in [7, 11) is 0. The fourth-order valence-electron chi connectivity index (χ4n) is 4.73. The lowest BCUT2D eigenvalue weighted by molar-refractivity contribution is -0.142. The molecule has 1 aliphatic heterocycles. The molecule has 3 aromatic rings. The third-order valence-electron chi connectivity index (χ3n) is 6.99. The number of aryl methyl sites for hydroxylation is 1. The van der Waals surface area contributed by atoms with Gasteiger partial charge >= 0.3 is 0 Å². The fraction of sp³-hybridized carbons (Fsp3) is 0.414. The van der Waals surface area contributed by atoms with Gasteiger partial charge in [0.05, 0.1) is 28.2 Å². The number of nitrogens with one attached hydrogen (secondary N) is 2. The van der Waals surface area contributed by atoms with Crippen LogP contribution in [-0.4, -0.2) is 62.4 Å². The highest BCUT2D eigenvalue weighted by Gasteiger charge is 2.44. The summed E-state index contributed by atoms with van der Waals surface area (Å²) < 4.78 is 0.729. The van der Waals surface area contributed by atoms with Crippen molar-refractivity contribution in [2.45, 2.75) is 65.3 Å². The molecule has 1 fully saturated rings.